The monoisotopic (exact) mass is 352 g/mol. The minimum Gasteiger partial charge on any atom is -0.480 e. The van der Waals surface area contributed by atoms with Crippen molar-refractivity contribution in [3.05, 3.63) is 23.9 Å². The minimum atomic E-state index is -4.31. The number of amides is 1. The maximum Gasteiger partial charge on any atom is 0.340 e. The van der Waals surface area contributed by atoms with Crippen molar-refractivity contribution >= 4 is 11.9 Å². The molecule has 134 valence electrons. The Morgan fingerprint density at radius 3 is 2.38 bits per heavy atom. The van der Waals surface area contributed by atoms with Crippen molar-refractivity contribution in [2.45, 2.75) is 32.2 Å². The summed E-state index contributed by atoms with van der Waals surface area (Å²) in [4.78, 5) is 27.6. The van der Waals surface area contributed by atoms with Crippen LogP contribution in [-0.4, -0.2) is 58.4 Å². The van der Waals surface area contributed by atoms with Crippen LogP contribution in [0, 0.1) is 0 Å². The fraction of sp³-hybridized carbons (Fsp3) is 0.500. The summed E-state index contributed by atoms with van der Waals surface area (Å²) in [5, 5.41) is 8.80. The molecule has 0 saturated heterocycles. The average molecular weight is 352 g/mol. The molecule has 0 aliphatic rings. The number of nitrogens with zero attached hydrogens (tertiary/aromatic N) is 2. The lowest BCUT2D eigenvalue weighted by molar-refractivity contribution is -0.148. The van der Waals surface area contributed by atoms with Crippen molar-refractivity contribution in [2.24, 2.45) is 0 Å². The highest BCUT2D eigenvalue weighted by molar-refractivity contribution is 5.95. The molecule has 0 unspecified atom stereocenters. The number of halogens is 4. The van der Waals surface area contributed by atoms with Crippen molar-refractivity contribution in [1.82, 2.24) is 9.88 Å². The molecule has 1 aromatic heterocycles. The molecule has 10 heteroatoms. The van der Waals surface area contributed by atoms with Crippen LogP contribution in [0.3, 0.4) is 0 Å². The number of rotatable bonds is 8. The first kappa shape index (κ1) is 19.7. The van der Waals surface area contributed by atoms with Crippen molar-refractivity contribution in [3.63, 3.8) is 0 Å². The Kier molecular flexibility index (Phi) is 6.50. The van der Waals surface area contributed by atoms with Gasteiger partial charge in [-0.25, -0.2) is 13.8 Å². The largest absolute Gasteiger partial charge is 0.480 e. The molecule has 1 amide bonds. The SMILES string of the molecule is CC(C)N(CC(=O)O)C(=O)c1ccc(OCC(F)(F)C(F)F)nc1. The van der Waals surface area contributed by atoms with Gasteiger partial charge in [-0.05, 0) is 19.9 Å². The topological polar surface area (TPSA) is 79.7 Å². The fourth-order valence-corrected chi connectivity index (χ4v) is 1.63. The Hall–Kier alpha value is -2.39. The molecule has 0 fully saturated rings. The second-order valence-corrected chi connectivity index (χ2v) is 5.16. The van der Waals surface area contributed by atoms with Crippen LogP contribution in [0.2, 0.25) is 0 Å². The van der Waals surface area contributed by atoms with E-state index < -0.39 is 43.4 Å². The van der Waals surface area contributed by atoms with Gasteiger partial charge in [0, 0.05) is 18.3 Å². The zero-order chi connectivity index (χ0) is 18.5. The van der Waals surface area contributed by atoms with E-state index in [1.54, 1.807) is 13.8 Å². The van der Waals surface area contributed by atoms with E-state index in [0.717, 1.165) is 17.2 Å². The fourth-order valence-electron chi connectivity index (χ4n) is 1.63. The lowest BCUT2D eigenvalue weighted by Gasteiger charge is -2.24. The minimum absolute atomic E-state index is 0.0120. The second kappa shape index (κ2) is 7.93. The van der Waals surface area contributed by atoms with Crippen molar-refractivity contribution in [3.8, 4) is 5.88 Å². The normalized spacial score (nSPS) is 11.7. The molecular weight excluding hydrogens is 336 g/mol. The van der Waals surface area contributed by atoms with E-state index in [2.05, 4.69) is 9.72 Å². The number of carboxylic acid groups (broad SMARTS) is 1. The van der Waals surface area contributed by atoms with Gasteiger partial charge in [0.05, 0.1) is 5.56 Å². The van der Waals surface area contributed by atoms with Gasteiger partial charge < -0.3 is 14.7 Å². The number of alkyl halides is 4. The third kappa shape index (κ3) is 5.36. The maximum atomic E-state index is 12.7. The third-order valence-electron chi connectivity index (χ3n) is 2.90. The molecule has 0 aromatic carbocycles. The molecular formula is C14H16F4N2O4. The number of hydrogen-bond acceptors (Lipinski definition) is 4. The number of carboxylic acids is 1. The van der Waals surface area contributed by atoms with E-state index in [0.29, 0.717) is 0 Å². The van der Waals surface area contributed by atoms with Crippen LogP contribution in [-0.2, 0) is 4.79 Å². The highest BCUT2D eigenvalue weighted by Gasteiger charge is 2.41. The zero-order valence-electron chi connectivity index (χ0n) is 12.9. The molecule has 1 N–H and O–H groups in total. The lowest BCUT2D eigenvalue weighted by atomic mass is 10.2. The summed E-state index contributed by atoms with van der Waals surface area (Å²) in [6, 6.07) is 1.85. The van der Waals surface area contributed by atoms with Gasteiger partial charge in [-0.2, -0.15) is 8.78 Å². The van der Waals surface area contributed by atoms with Gasteiger partial charge in [-0.1, -0.05) is 0 Å². The summed E-state index contributed by atoms with van der Waals surface area (Å²) >= 11 is 0. The number of aliphatic carboxylic acids is 1. The molecule has 0 bridgehead atoms. The number of hydrogen-bond donors (Lipinski definition) is 1. The first-order chi connectivity index (χ1) is 11.0. The van der Waals surface area contributed by atoms with Gasteiger partial charge in [0.25, 0.3) is 5.91 Å². The first-order valence-corrected chi connectivity index (χ1v) is 6.82. The van der Waals surface area contributed by atoms with Gasteiger partial charge in [0.1, 0.15) is 6.54 Å². The first-order valence-electron chi connectivity index (χ1n) is 6.82. The molecule has 0 radical (unpaired) electrons. The smallest absolute Gasteiger partial charge is 0.340 e. The predicted octanol–water partition coefficient (Wildman–Crippen LogP) is 2.30. The van der Waals surface area contributed by atoms with Gasteiger partial charge in [0.15, 0.2) is 6.61 Å². The zero-order valence-corrected chi connectivity index (χ0v) is 12.9. The molecule has 0 aliphatic heterocycles. The van der Waals surface area contributed by atoms with E-state index in [9.17, 15) is 27.2 Å². The predicted molar refractivity (Wildman–Crippen MR) is 74.5 cm³/mol. The number of aromatic nitrogens is 1. The van der Waals surface area contributed by atoms with Crippen molar-refractivity contribution in [1.29, 1.82) is 0 Å². The molecule has 0 saturated carbocycles. The van der Waals surface area contributed by atoms with Crippen LogP contribution in [0.25, 0.3) is 0 Å². The van der Waals surface area contributed by atoms with E-state index in [-0.39, 0.29) is 11.4 Å². The Bertz CT molecular complexity index is 579. The van der Waals surface area contributed by atoms with Crippen LogP contribution >= 0.6 is 0 Å². The van der Waals surface area contributed by atoms with E-state index in [1.807, 2.05) is 0 Å². The van der Waals surface area contributed by atoms with Crippen LogP contribution < -0.4 is 4.74 Å². The molecule has 24 heavy (non-hydrogen) atoms. The second-order valence-electron chi connectivity index (χ2n) is 5.16. The third-order valence-corrected chi connectivity index (χ3v) is 2.90. The van der Waals surface area contributed by atoms with Crippen molar-refractivity contribution < 1.29 is 37.0 Å². The number of pyridine rings is 1. The number of ether oxygens (including phenoxy) is 1. The molecule has 0 aliphatic carbocycles. The van der Waals surface area contributed by atoms with E-state index in [4.69, 9.17) is 5.11 Å². The Morgan fingerprint density at radius 2 is 1.96 bits per heavy atom. The van der Waals surface area contributed by atoms with Crippen molar-refractivity contribution in [2.75, 3.05) is 13.2 Å². The van der Waals surface area contributed by atoms with Crippen LogP contribution in [0.1, 0.15) is 24.2 Å². The Balaban J connectivity index is 2.79. The summed E-state index contributed by atoms with van der Waals surface area (Å²) in [6.45, 7) is 1.17. The lowest BCUT2D eigenvalue weighted by Crippen LogP contribution is -2.40. The summed E-state index contributed by atoms with van der Waals surface area (Å²) in [5.41, 5.74) is 0.0120. The van der Waals surface area contributed by atoms with Gasteiger partial charge >= 0.3 is 18.3 Å². The average Bonchev–Trinajstić information content (AvgIpc) is 2.50. The van der Waals surface area contributed by atoms with E-state index in [1.165, 1.54) is 6.07 Å². The van der Waals surface area contributed by atoms with Gasteiger partial charge in [-0.3, -0.25) is 9.59 Å². The summed E-state index contributed by atoms with van der Waals surface area (Å²) < 4.78 is 54.0. The molecule has 0 spiro atoms. The molecule has 0 atom stereocenters. The molecule has 6 nitrogen and oxygen atoms in total. The van der Waals surface area contributed by atoms with Gasteiger partial charge in [0.2, 0.25) is 5.88 Å². The number of carbonyl (C=O) groups is 2. The summed E-state index contributed by atoms with van der Waals surface area (Å²) in [5.74, 6) is -6.49. The number of carbonyl (C=O) groups excluding carboxylic acids is 1. The van der Waals surface area contributed by atoms with Crippen LogP contribution in [0.4, 0.5) is 17.6 Å². The van der Waals surface area contributed by atoms with Gasteiger partial charge in [-0.15, -0.1) is 0 Å². The Morgan fingerprint density at radius 1 is 1.33 bits per heavy atom. The molecule has 1 heterocycles. The Labute approximate surface area is 135 Å². The van der Waals surface area contributed by atoms with Crippen LogP contribution in [0.15, 0.2) is 18.3 Å². The van der Waals surface area contributed by atoms with E-state index >= 15 is 0 Å². The molecule has 1 aromatic rings. The summed E-state index contributed by atoms with van der Waals surface area (Å²) in [6.07, 6.45) is -2.87. The quantitative estimate of drug-likeness (QED) is 0.726. The highest BCUT2D eigenvalue weighted by Crippen LogP contribution is 2.23. The highest BCUT2D eigenvalue weighted by atomic mass is 19.3. The standard InChI is InChI=1S/C14H16F4N2O4/c1-8(2)20(6-11(21)22)12(23)9-3-4-10(19-5-9)24-7-14(17,18)13(15)16/h3-5,8,13H,6-7H2,1-2H3,(H,21,22). The molecule has 1 rings (SSSR count). The maximum absolute atomic E-state index is 12.7. The summed E-state index contributed by atoms with van der Waals surface area (Å²) in [7, 11) is 0. The van der Waals surface area contributed by atoms with Crippen LogP contribution in [0.5, 0.6) is 5.88 Å².